The van der Waals surface area contributed by atoms with Gasteiger partial charge in [-0.15, -0.1) is 0 Å². The molecule has 46 heavy (non-hydrogen) atoms. The van der Waals surface area contributed by atoms with E-state index in [1.54, 1.807) is 30.3 Å². The molecule has 8 amide bonds. The zero-order chi connectivity index (χ0) is 33.9. The van der Waals surface area contributed by atoms with Gasteiger partial charge in [0.1, 0.15) is 6.04 Å². The minimum atomic E-state index is -1.09. The molecule has 1 aromatic rings. The molecule has 1 aliphatic rings. The van der Waals surface area contributed by atoms with Crippen molar-refractivity contribution in [3.05, 3.63) is 48.0 Å². The molecule has 0 spiro atoms. The van der Waals surface area contributed by atoms with E-state index in [9.17, 15) is 43.2 Å². The summed E-state index contributed by atoms with van der Waals surface area (Å²) in [5, 5.41) is 14.5. The number of carbonyl (C=O) groups excluding carboxylic acids is 9. The van der Waals surface area contributed by atoms with Crippen molar-refractivity contribution >= 4 is 53.2 Å². The highest BCUT2D eigenvalue weighted by molar-refractivity contribution is 6.13. The number of esters is 1. The summed E-state index contributed by atoms with van der Waals surface area (Å²) in [5.74, 6) is -5.05. The Labute approximate surface area is 264 Å². The second-order valence-electron chi connectivity index (χ2n) is 9.83. The predicted molar refractivity (Wildman–Crippen MR) is 159 cm³/mol. The Kier molecular flexibility index (Phi) is 15.6. The highest BCUT2D eigenvalue weighted by atomic mass is 16.5. The summed E-state index contributed by atoms with van der Waals surface area (Å²) in [6.45, 7) is -0.427. The van der Waals surface area contributed by atoms with Crippen LogP contribution in [0, 0.1) is 0 Å². The summed E-state index contributed by atoms with van der Waals surface area (Å²) < 4.78 is 4.60. The lowest BCUT2D eigenvalue weighted by Crippen LogP contribution is -2.52. The molecule has 6 N–H and O–H groups in total. The Morgan fingerprint density at radius 2 is 1.30 bits per heavy atom. The largest absolute Gasteiger partial charge is 0.445 e. The minimum Gasteiger partial charge on any atom is -0.445 e. The van der Waals surface area contributed by atoms with Crippen LogP contribution in [-0.2, 0) is 54.3 Å². The zero-order valence-electron chi connectivity index (χ0n) is 25.2. The predicted octanol–water partition coefficient (Wildman–Crippen LogP) is -3.09. The lowest BCUT2D eigenvalue weighted by atomic mass is 10.1. The van der Waals surface area contributed by atoms with Gasteiger partial charge in [0.25, 0.3) is 11.8 Å². The Hall–Kier alpha value is -5.61. The van der Waals surface area contributed by atoms with E-state index in [1.165, 1.54) is 6.92 Å². The van der Waals surface area contributed by atoms with Crippen molar-refractivity contribution in [2.45, 2.75) is 38.6 Å². The molecule has 0 fully saturated rings. The fourth-order valence-electron chi connectivity index (χ4n) is 3.81. The molecule has 0 aromatic heterocycles. The van der Waals surface area contributed by atoms with Crippen LogP contribution in [0.4, 0.5) is 0 Å². The van der Waals surface area contributed by atoms with E-state index < -0.39 is 78.9 Å². The lowest BCUT2D eigenvalue weighted by Gasteiger charge is -2.19. The van der Waals surface area contributed by atoms with Crippen molar-refractivity contribution in [2.24, 2.45) is 0 Å². The number of rotatable bonds is 19. The Bertz CT molecular complexity index is 1310. The first-order valence-corrected chi connectivity index (χ1v) is 14.3. The van der Waals surface area contributed by atoms with Gasteiger partial charge < -0.3 is 36.6 Å². The highest BCUT2D eigenvalue weighted by Crippen LogP contribution is 2.05. The Balaban J connectivity index is 1.67. The molecule has 2 rings (SSSR count). The number of hydrogen-bond donors (Lipinski definition) is 6. The number of carbonyl (C=O) groups is 9. The molecular formula is C29H37N7O10. The molecular weight excluding hydrogens is 606 g/mol. The number of amides is 8. The third-order valence-electron chi connectivity index (χ3n) is 6.16. The van der Waals surface area contributed by atoms with Gasteiger partial charge in [-0.3, -0.25) is 48.1 Å². The lowest BCUT2D eigenvalue weighted by molar-refractivity contribution is -0.143. The van der Waals surface area contributed by atoms with Crippen LogP contribution in [-0.4, -0.2) is 104 Å². The van der Waals surface area contributed by atoms with Crippen molar-refractivity contribution in [3.8, 4) is 0 Å². The van der Waals surface area contributed by atoms with Crippen LogP contribution in [0.3, 0.4) is 0 Å². The maximum atomic E-state index is 12.8. The first-order valence-electron chi connectivity index (χ1n) is 14.3. The quantitative estimate of drug-likeness (QED) is 0.0384. The van der Waals surface area contributed by atoms with Crippen molar-refractivity contribution in [3.63, 3.8) is 0 Å². The van der Waals surface area contributed by atoms with Crippen molar-refractivity contribution in [2.75, 3.05) is 39.5 Å². The molecule has 0 unspecified atom stereocenters. The van der Waals surface area contributed by atoms with Gasteiger partial charge in [-0.05, 0) is 12.0 Å². The Morgan fingerprint density at radius 1 is 0.717 bits per heavy atom. The number of nitrogens with zero attached hydrogens (tertiary/aromatic N) is 1. The van der Waals surface area contributed by atoms with Gasteiger partial charge in [-0.1, -0.05) is 30.3 Å². The van der Waals surface area contributed by atoms with E-state index in [2.05, 4.69) is 36.6 Å². The smallest absolute Gasteiger partial charge is 0.304 e. The van der Waals surface area contributed by atoms with Crippen molar-refractivity contribution in [1.82, 2.24) is 36.8 Å². The average Bonchev–Trinajstić information content (AvgIpc) is 3.34. The van der Waals surface area contributed by atoms with Crippen LogP contribution in [0.2, 0.25) is 0 Å². The Morgan fingerprint density at radius 3 is 1.98 bits per heavy atom. The zero-order valence-corrected chi connectivity index (χ0v) is 25.2. The number of nitrogens with one attached hydrogen (secondary N) is 6. The van der Waals surface area contributed by atoms with Crippen molar-refractivity contribution < 1.29 is 47.9 Å². The topological polar surface area (TPSA) is 238 Å². The van der Waals surface area contributed by atoms with Crippen molar-refractivity contribution in [1.29, 1.82) is 0 Å². The van der Waals surface area contributed by atoms with Crippen LogP contribution in [0.1, 0.15) is 31.7 Å². The molecule has 17 nitrogen and oxygen atoms in total. The van der Waals surface area contributed by atoms with E-state index in [1.807, 2.05) is 0 Å². The number of benzene rings is 1. The molecule has 248 valence electrons. The maximum Gasteiger partial charge on any atom is 0.304 e. The monoisotopic (exact) mass is 643 g/mol. The minimum absolute atomic E-state index is 0.000877. The summed E-state index contributed by atoms with van der Waals surface area (Å²) in [6.07, 6.45) is 2.54. The number of imide groups is 1. The molecule has 1 aromatic carbocycles. The summed E-state index contributed by atoms with van der Waals surface area (Å²) in [4.78, 5) is 108. The van der Waals surface area contributed by atoms with Gasteiger partial charge >= 0.3 is 5.97 Å². The van der Waals surface area contributed by atoms with Gasteiger partial charge in [-0.25, -0.2) is 0 Å². The molecule has 0 radical (unpaired) electrons. The number of ether oxygens (including phenoxy) is 1. The highest BCUT2D eigenvalue weighted by Gasteiger charge is 2.24. The van der Waals surface area contributed by atoms with Crippen LogP contribution in [0.5, 0.6) is 0 Å². The first kappa shape index (κ1) is 36.6. The van der Waals surface area contributed by atoms with Crippen LogP contribution >= 0.6 is 0 Å². The van der Waals surface area contributed by atoms with Gasteiger partial charge in [0.2, 0.25) is 35.4 Å². The van der Waals surface area contributed by atoms with Gasteiger partial charge in [0.05, 0.1) is 19.6 Å². The van der Waals surface area contributed by atoms with E-state index in [4.69, 9.17) is 0 Å². The van der Waals surface area contributed by atoms with E-state index in [0.29, 0.717) is 0 Å². The molecule has 1 atom stereocenters. The molecule has 0 saturated carbocycles. The standard InChI is InChI=1S/C29H37N7O10/c1-19(37)46-18-34-25(41)16-33-29(45)21(14-20-6-3-2-4-7-20)35-26(42)17-32-24(40)15-31-22(38)8-5-12-30-23(39)11-13-36-27(43)9-10-28(36)44/h2-4,6-7,9-10,21H,5,8,11-18H2,1H3,(H,30,39)(H,31,38)(H,32,40)(H,33,45)(H,34,41)(H,35,42)/t21-/m0/s1. The SMILES string of the molecule is CC(=O)OCNC(=O)CNC(=O)[C@H](Cc1ccccc1)NC(=O)CNC(=O)CNC(=O)CCCNC(=O)CCN1C(=O)C=CC1=O. The van der Waals surface area contributed by atoms with Crippen LogP contribution in [0.15, 0.2) is 42.5 Å². The number of hydrogen-bond acceptors (Lipinski definition) is 10. The molecule has 1 heterocycles. The fraction of sp³-hybridized carbons (Fsp3) is 0.414. The normalized spacial score (nSPS) is 12.5. The van der Waals surface area contributed by atoms with E-state index in [-0.39, 0.29) is 45.5 Å². The van der Waals surface area contributed by atoms with E-state index in [0.717, 1.165) is 22.6 Å². The summed E-state index contributed by atoms with van der Waals surface area (Å²) >= 11 is 0. The molecule has 17 heteroatoms. The maximum absolute atomic E-state index is 12.8. The summed E-state index contributed by atoms with van der Waals surface area (Å²) in [6, 6.07) is 7.69. The molecule has 1 aliphatic heterocycles. The molecule has 0 saturated heterocycles. The molecule has 0 aliphatic carbocycles. The van der Waals surface area contributed by atoms with Crippen LogP contribution in [0.25, 0.3) is 0 Å². The second-order valence-corrected chi connectivity index (χ2v) is 9.83. The summed E-state index contributed by atoms with van der Waals surface area (Å²) in [7, 11) is 0. The van der Waals surface area contributed by atoms with Gasteiger partial charge in [0, 0.05) is 51.4 Å². The third kappa shape index (κ3) is 14.7. The van der Waals surface area contributed by atoms with E-state index >= 15 is 0 Å². The van der Waals surface area contributed by atoms with Crippen LogP contribution < -0.4 is 31.9 Å². The average molecular weight is 644 g/mol. The second kappa shape index (κ2) is 19.6. The third-order valence-corrected chi connectivity index (χ3v) is 6.16. The first-order chi connectivity index (χ1) is 21.9. The molecule has 0 bridgehead atoms. The van der Waals surface area contributed by atoms with Gasteiger partial charge in [-0.2, -0.15) is 0 Å². The summed E-state index contributed by atoms with van der Waals surface area (Å²) in [5.41, 5.74) is 0.723. The fourth-order valence-corrected chi connectivity index (χ4v) is 3.81. The van der Waals surface area contributed by atoms with Gasteiger partial charge in [0.15, 0.2) is 6.73 Å².